The first-order valence-electron chi connectivity index (χ1n) is 5.87. The molecule has 0 aliphatic rings. The van der Waals surface area contributed by atoms with Gasteiger partial charge in [0.05, 0.1) is 11.2 Å². The van der Waals surface area contributed by atoms with Gasteiger partial charge >= 0.3 is 0 Å². The van der Waals surface area contributed by atoms with E-state index in [9.17, 15) is 8.42 Å². The van der Waals surface area contributed by atoms with Gasteiger partial charge in [-0.3, -0.25) is 4.68 Å². The zero-order chi connectivity index (χ0) is 15.5. The fourth-order valence-corrected chi connectivity index (χ4v) is 3.98. The number of halogens is 1. The highest BCUT2D eigenvalue weighted by Gasteiger charge is 2.31. The van der Waals surface area contributed by atoms with Crippen LogP contribution in [-0.2, 0) is 17.1 Å². The Bertz CT molecular complexity index is 577. The van der Waals surface area contributed by atoms with Crippen molar-refractivity contribution in [3.05, 3.63) is 11.2 Å². The molecule has 0 amide bonds. The van der Waals surface area contributed by atoms with Crippen LogP contribution in [0, 0.1) is 0 Å². The molecular formula is C10H18ClN5O3S. The van der Waals surface area contributed by atoms with E-state index in [4.69, 9.17) is 22.5 Å². The molecule has 114 valence electrons. The number of rotatable bonds is 6. The van der Waals surface area contributed by atoms with E-state index in [0.29, 0.717) is 0 Å². The van der Waals surface area contributed by atoms with E-state index < -0.39 is 10.0 Å². The van der Waals surface area contributed by atoms with Crippen molar-refractivity contribution in [2.24, 2.45) is 17.9 Å². The van der Waals surface area contributed by atoms with Crippen LogP contribution in [0.5, 0.6) is 0 Å². The monoisotopic (exact) mass is 323 g/mol. The summed E-state index contributed by atoms with van der Waals surface area (Å²) >= 11 is 5.89. The third-order valence-electron chi connectivity index (χ3n) is 2.69. The summed E-state index contributed by atoms with van der Waals surface area (Å²) in [6, 6.07) is -0.308. The molecule has 0 bridgehead atoms. The Balaban J connectivity index is 3.14. The summed E-state index contributed by atoms with van der Waals surface area (Å²) in [6.07, 6.45) is 1.39. The number of amidine groups is 1. The van der Waals surface area contributed by atoms with Crippen LogP contribution in [0.15, 0.2) is 16.4 Å². The Hall–Kier alpha value is -1.32. The molecule has 0 saturated carbocycles. The molecule has 0 saturated heterocycles. The predicted octanol–water partition coefficient (Wildman–Crippen LogP) is 0.609. The third-order valence-corrected chi connectivity index (χ3v) is 5.27. The standard InChI is InChI=1S/C10H18ClN5O3S/c1-7(2)16(5-4-9(12)14-17)20(18,19)10-8(11)6-13-15(10)3/h6-7,17H,4-5H2,1-3H3,(H2,12,14). The molecule has 0 aliphatic carbocycles. The van der Waals surface area contributed by atoms with E-state index in [1.54, 1.807) is 13.8 Å². The van der Waals surface area contributed by atoms with Gasteiger partial charge in [0, 0.05) is 26.1 Å². The first-order valence-corrected chi connectivity index (χ1v) is 7.69. The number of hydrogen-bond acceptors (Lipinski definition) is 5. The summed E-state index contributed by atoms with van der Waals surface area (Å²) in [5.41, 5.74) is 5.38. The highest BCUT2D eigenvalue weighted by Crippen LogP contribution is 2.25. The largest absolute Gasteiger partial charge is 0.409 e. The topological polar surface area (TPSA) is 114 Å². The minimum absolute atomic E-state index is 0.0399. The van der Waals surface area contributed by atoms with Crippen molar-refractivity contribution in [1.29, 1.82) is 0 Å². The minimum Gasteiger partial charge on any atom is -0.409 e. The Morgan fingerprint density at radius 2 is 2.25 bits per heavy atom. The van der Waals surface area contributed by atoms with Crippen LogP contribution in [0.1, 0.15) is 20.3 Å². The van der Waals surface area contributed by atoms with E-state index >= 15 is 0 Å². The van der Waals surface area contributed by atoms with Crippen LogP contribution in [-0.4, -0.2) is 46.1 Å². The van der Waals surface area contributed by atoms with Crippen LogP contribution >= 0.6 is 11.6 Å². The molecule has 0 unspecified atom stereocenters. The molecule has 1 heterocycles. The molecule has 0 atom stereocenters. The predicted molar refractivity (Wildman–Crippen MR) is 75.3 cm³/mol. The van der Waals surface area contributed by atoms with Crippen molar-refractivity contribution >= 4 is 27.5 Å². The molecule has 20 heavy (non-hydrogen) atoms. The van der Waals surface area contributed by atoms with Gasteiger partial charge in [-0.1, -0.05) is 16.8 Å². The smallest absolute Gasteiger partial charge is 0.261 e. The van der Waals surface area contributed by atoms with Crippen LogP contribution in [0.25, 0.3) is 0 Å². The molecule has 0 fully saturated rings. The summed E-state index contributed by atoms with van der Waals surface area (Å²) in [4.78, 5) is 0. The van der Waals surface area contributed by atoms with Gasteiger partial charge in [0.25, 0.3) is 10.0 Å². The highest BCUT2D eigenvalue weighted by atomic mass is 35.5. The molecule has 8 nitrogen and oxygen atoms in total. The zero-order valence-electron chi connectivity index (χ0n) is 11.5. The quantitative estimate of drug-likeness (QED) is 0.344. The third kappa shape index (κ3) is 3.41. The molecule has 3 N–H and O–H groups in total. The second-order valence-electron chi connectivity index (χ2n) is 4.47. The number of oxime groups is 1. The number of nitrogens with two attached hydrogens (primary N) is 1. The van der Waals surface area contributed by atoms with Crippen molar-refractivity contribution in [3.8, 4) is 0 Å². The van der Waals surface area contributed by atoms with Gasteiger partial charge in [0.1, 0.15) is 5.84 Å². The molecule has 0 spiro atoms. The molecule has 1 rings (SSSR count). The van der Waals surface area contributed by atoms with E-state index in [1.807, 2.05) is 0 Å². The van der Waals surface area contributed by atoms with Gasteiger partial charge in [-0.05, 0) is 13.8 Å². The first-order chi connectivity index (χ1) is 9.21. The van der Waals surface area contributed by atoms with Crippen molar-refractivity contribution in [1.82, 2.24) is 14.1 Å². The van der Waals surface area contributed by atoms with Gasteiger partial charge in [-0.2, -0.15) is 9.40 Å². The fourth-order valence-electron chi connectivity index (χ4n) is 1.73. The van der Waals surface area contributed by atoms with Crippen molar-refractivity contribution in [2.75, 3.05) is 6.54 Å². The fraction of sp³-hybridized carbons (Fsp3) is 0.600. The van der Waals surface area contributed by atoms with Gasteiger partial charge in [-0.15, -0.1) is 0 Å². The molecule has 0 radical (unpaired) electrons. The number of sulfonamides is 1. The number of aromatic nitrogens is 2. The maximum absolute atomic E-state index is 12.6. The number of hydrogen-bond donors (Lipinski definition) is 2. The maximum atomic E-state index is 12.6. The Labute approximate surface area is 122 Å². The lowest BCUT2D eigenvalue weighted by Gasteiger charge is -2.25. The minimum atomic E-state index is -3.81. The van der Waals surface area contributed by atoms with Crippen molar-refractivity contribution < 1.29 is 13.6 Å². The molecule has 1 aromatic heterocycles. The molecule has 0 aromatic carbocycles. The van der Waals surface area contributed by atoms with Crippen LogP contribution in [0.3, 0.4) is 0 Å². The lowest BCUT2D eigenvalue weighted by molar-refractivity contribution is 0.313. The average Bonchev–Trinajstić information content (AvgIpc) is 2.68. The summed E-state index contributed by atoms with van der Waals surface area (Å²) in [7, 11) is -2.31. The van der Waals surface area contributed by atoms with E-state index in [1.165, 1.54) is 22.2 Å². The van der Waals surface area contributed by atoms with Gasteiger partial charge in [0.2, 0.25) is 0 Å². The van der Waals surface area contributed by atoms with Gasteiger partial charge in [0.15, 0.2) is 5.03 Å². The van der Waals surface area contributed by atoms with E-state index in [0.717, 1.165) is 0 Å². The Kier molecular flexibility index (Phi) is 5.37. The summed E-state index contributed by atoms with van der Waals surface area (Å²) in [5.74, 6) is -0.0399. The normalized spacial score (nSPS) is 13.4. The second kappa shape index (κ2) is 6.42. The van der Waals surface area contributed by atoms with Crippen molar-refractivity contribution in [3.63, 3.8) is 0 Å². The summed E-state index contributed by atoms with van der Waals surface area (Å²) in [5, 5.41) is 15.2. The van der Waals surface area contributed by atoms with Crippen molar-refractivity contribution in [2.45, 2.75) is 31.3 Å². The van der Waals surface area contributed by atoms with E-state index in [-0.39, 0.29) is 34.9 Å². The highest BCUT2D eigenvalue weighted by molar-refractivity contribution is 7.89. The number of nitrogens with zero attached hydrogens (tertiary/aromatic N) is 4. The zero-order valence-corrected chi connectivity index (χ0v) is 13.1. The second-order valence-corrected chi connectivity index (χ2v) is 6.69. The van der Waals surface area contributed by atoms with Crippen LogP contribution in [0.4, 0.5) is 0 Å². The maximum Gasteiger partial charge on any atom is 0.261 e. The van der Waals surface area contributed by atoms with Gasteiger partial charge < -0.3 is 10.9 Å². The lowest BCUT2D eigenvalue weighted by atomic mass is 10.3. The molecule has 0 aliphatic heterocycles. The Morgan fingerprint density at radius 1 is 1.65 bits per heavy atom. The average molecular weight is 324 g/mol. The SMILES string of the molecule is CC(C)N(CCC(N)=NO)S(=O)(=O)c1c(Cl)cnn1C. The summed E-state index contributed by atoms with van der Waals surface area (Å²) < 4.78 is 27.7. The molecular weight excluding hydrogens is 306 g/mol. The van der Waals surface area contributed by atoms with Gasteiger partial charge in [-0.25, -0.2) is 8.42 Å². The van der Waals surface area contributed by atoms with Crippen LogP contribution < -0.4 is 5.73 Å². The van der Waals surface area contributed by atoms with E-state index in [2.05, 4.69) is 10.3 Å². The number of aryl methyl sites for hydroxylation is 1. The molecule has 1 aromatic rings. The van der Waals surface area contributed by atoms with Crippen LogP contribution in [0.2, 0.25) is 5.02 Å². The first kappa shape index (κ1) is 16.7. The summed E-state index contributed by atoms with van der Waals surface area (Å²) in [6.45, 7) is 3.54. The Morgan fingerprint density at radius 3 is 2.65 bits per heavy atom. The lowest BCUT2D eigenvalue weighted by Crippen LogP contribution is -2.40. The molecule has 10 heteroatoms.